The number of amides is 1. The largest absolute Gasteiger partial charge is 0.278 e. The third-order valence-corrected chi connectivity index (χ3v) is 2.96. The van der Waals surface area contributed by atoms with Gasteiger partial charge in [0.25, 0.3) is 0 Å². The van der Waals surface area contributed by atoms with E-state index in [1.807, 2.05) is 24.3 Å². The molecule has 0 bridgehead atoms. The summed E-state index contributed by atoms with van der Waals surface area (Å²) in [4.78, 5) is 11.8. The van der Waals surface area contributed by atoms with Crippen molar-refractivity contribution in [2.45, 2.75) is 12.8 Å². The fourth-order valence-corrected chi connectivity index (χ4v) is 1.88. The van der Waals surface area contributed by atoms with Crippen LogP contribution < -0.4 is 5.43 Å². The van der Waals surface area contributed by atoms with Gasteiger partial charge in [-0.1, -0.05) is 28.1 Å². The lowest BCUT2D eigenvalue weighted by Gasteiger charge is -2.15. The van der Waals surface area contributed by atoms with Crippen LogP contribution in [0.4, 0.5) is 0 Å². The zero-order chi connectivity index (χ0) is 10.7. The molecule has 0 aliphatic carbocycles. The fourth-order valence-electron chi connectivity index (χ4n) is 1.62. The van der Waals surface area contributed by atoms with Crippen molar-refractivity contribution in [2.24, 2.45) is 0 Å². The van der Waals surface area contributed by atoms with Crippen LogP contribution in [0.25, 0.3) is 0 Å². The van der Waals surface area contributed by atoms with E-state index in [1.54, 1.807) is 5.01 Å². The van der Waals surface area contributed by atoms with Crippen LogP contribution in [0.2, 0.25) is 0 Å². The normalized spacial score (nSPS) is 15.7. The number of carbonyl (C=O) groups excluding carboxylic acids is 1. The van der Waals surface area contributed by atoms with E-state index in [0.717, 1.165) is 29.5 Å². The highest BCUT2D eigenvalue weighted by molar-refractivity contribution is 9.10. The van der Waals surface area contributed by atoms with Crippen LogP contribution in [0.1, 0.15) is 12.0 Å². The van der Waals surface area contributed by atoms with Crippen molar-refractivity contribution in [1.29, 1.82) is 0 Å². The molecule has 15 heavy (non-hydrogen) atoms. The molecule has 1 heterocycles. The minimum absolute atomic E-state index is 0.148. The van der Waals surface area contributed by atoms with Crippen LogP contribution >= 0.6 is 15.9 Å². The lowest BCUT2D eigenvalue weighted by molar-refractivity contribution is -0.131. The molecule has 1 aliphatic heterocycles. The molecule has 1 N–H and O–H groups in total. The highest BCUT2D eigenvalue weighted by Gasteiger charge is 2.17. The topological polar surface area (TPSA) is 32.3 Å². The first-order valence-corrected chi connectivity index (χ1v) is 5.83. The summed E-state index contributed by atoms with van der Waals surface area (Å²) in [5.74, 6) is 0.148. The molecule has 0 aromatic heterocycles. The Morgan fingerprint density at radius 2 is 2.13 bits per heavy atom. The quantitative estimate of drug-likeness (QED) is 0.886. The summed E-state index contributed by atoms with van der Waals surface area (Å²) < 4.78 is 1.04. The predicted molar refractivity (Wildman–Crippen MR) is 62.2 cm³/mol. The molecule has 1 fully saturated rings. The van der Waals surface area contributed by atoms with Gasteiger partial charge in [-0.05, 0) is 24.1 Å². The maximum absolute atomic E-state index is 11.8. The second-order valence-electron chi connectivity index (χ2n) is 3.61. The number of nitrogens with zero attached hydrogens (tertiary/aromatic N) is 1. The molecule has 2 rings (SSSR count). The van der Waals surface area contributed by atoms with Crippen LogP contribution in [0, 0.1) is 0 Å². The summed E-state index contributed by atoms with van der Waals surface area (Å²) in [7, 11) is 0. The Morgan fingerprint density at radius 3 is 2.73 bits per heavy atom. The summed E-state index contributed by atoms with van der Waals surface area (Å²) in [5.41, 5.74) is 4.12. The third-order valence-electron chi connectivity index (χ3n) is 2.43. The third kappa shape index (κ3) is 2.79. The van der Waals surface area contributed by atoms with E-state index in [0.29, 0.717) is 6.42 Å². The van der Waals surface area contributed by atoms with Crippen LogP contribution in [0.15, 0.2) is 28.7 Å². The van der Waals surface area contributed by atoms with Crippen LogP contribution in [0.3, 0.4) is 0 Å². The smallest absolute Gasteiger partial charge is 0.241 e. The van der Waals surface area contributed by atoms with Crippen LogP contribution in [-0.4, -0.2) is 24.0 Å². The van der Waals surface area contributed by atoms with Crippen molar-refractivity contribution in [3.63, 3.8) is 0 Å². The first kappa shape index (κ1) is 10.6. The van der Waals surface area contributed by atoms with Crippen molar-refractivity contribution < 1.29 is 4.79 Å². The minimum Gasteiger partial charge on any atom is -0.278 e. The van der Waals surface area contributed by atoms with E-state index >= 15 is 0 Å². The Hall–Kier alpha value is -0.870. The number of halogens is 1. The molecule has 0 spiro atoms. The maximum Gasteiger partial charge on any atom is 0.241 e. The Bertz CT molecular complexity index is 344. The van der Waals surface area contributed by atoms with Crippen molar-refractivity contribution in [1.82, 2.24) is 10.4 Å². The zero-order valence-corrected chi connectivity index (χ0v) is 9.96. The first-order valence-electron chi connectivity index (χ1n) is 5.04. The second kappa shape index (κ2) is 4.77. The number of carbonyl (C=O) groups is 1. The van der Waals surface area contributed by atoms with Gasteiger partial charge in [0.05, 0.1) is 6.42 Å². The second-order valence-corrected chi connectivity index (χ2v) is 4.53. The molecule has 0 saturated carbocycles. The van der Waals surface area contributed by atoms with E-state index in [-0.39, 0.29) is 5.91 Å². The monoisotopic (exact) mass is 268 g/mol. The zero-order valence-electron chi connectivity index (χ0n) is 8.37. The molecular formula is C11H13BrN2O. The molecule has 1 saturated heterocycles. The number of benzene rings is 1. The number of hydrogen-bond acceptors (Lipinski definition) is 2. The van der Waals surface area contributed by atoms with E-state index in [1.165, 1.54) is 0 Å². The minimum atomic E-state index is 0.148. The fraction of sp³-hybridized carbons (Fsp3) is 0.364. The van der Waals surface area contributed by atoms with Crippen molar-refractivity contribution >= 4 is 21.8 Å². The standard InChI is InChI=1S/C11H13BrN2O/c12-10-4-2-9(3-5-10)8-11(15)14-7-1-6-13-14/h2-5,13H,1,6-8H2. The predicted octanol–water partition coefficient (Wildman–Crippen LogP) is 1.73. The SMILES string of the molecule is O=C(Cc1ccc(Br)cc1)N1CCCN1. The van der Waals surface area contributed by atoms with Gasteiger partial charge in [0, 0.05) is 17.6 Å². The van der Waals surface area contributed by atoms with Crippen molar-refractivity contribution in [3.8, 4) is 0 Å². The lowest BCUT2D eigenvalue weighted by atomic mass is 10.1. The summed E-state index contributed by atoms with van der Waals surface area (Å²) in [6.07, 6.45) is 1.52. The Kier molecular flexibility index (Phi) is 3.38. The molecule has 4 heteroatoms. The lowest BCUT2D eigenvalue weighted by Crippen LogP contribution is -2.37. The van der Waals surface area contributed by atoms with Gasteiger partial charge in [-0.15, -0.1) is 0 Å². The summed E-state index contributed by atoms with van der Waals surface area (Å²) in [6.45, 7) is 1.74. The molecule has 1 amide bonds. The average Bonchev–Trinajstić information content (AvgIpc) is 2.74. The summed E-state index contributed by atoms with van der Waals surface area (Å²) in [5, 5.41) is 1.71. The van der Waals surface area contributed by atoms with Gasteiger partial charge in [0.1, 0.15) is 0 Å². The molecule has 80 valence electrons. The van der Waals surface area contributed by atoms with Gasteiger partial charge >= 0.3 is 0 Å². The Morgan fingerprint density at radius 1 is 1.40 bits per heavy atom. The highest BCUT2D eigenvalue weighted by atomic mass is 79.9. The van der Waals surface area contributed by atoms with Gasteiger partial charge in [0.15, 0.2) is 0 Å². The number of hydrazine groups is 1. The Balaban J connectivity index is 1.96. The maximum atomic E-state index is 11.8. The molecule has 1 aromatic carbocycles. The van der Waals surface area contributed by atoms with E-state index in [9.17, 15) is 4.79 Å². The molecule has 1 aromatic rings. The number of nitrogens with one attached hydrogen (secondary N) is 1. The molecule has 3 nitrogen and oxygen atoms in total. The van der Waals surface area contributed by atoms with Crippen molar-refractivity contribution in [3.05, 3.63) is 34.3 Å². The first-order chi connectivity index (χ1) is 7.25. The molecular weight excluding hydrogens is 256 g/mol. The summed E-state index contributed by atoms with van der Waals surface area (Å²) >= 11 is 3.37. The van der Waals surface area contributed by atoms with Gasteiger partial charge in [-0.2, -0.15) is 0 Å². The number of hydrogen-bond donors (Lipinski definition) is 1. The van der Waals surface area contributed by atoms with Crippen LogP contribution in [-0.2, 0) is 11.2 Å². The van der Waals surface area contributed by atoms with Gasteiger partial charge in [-0.25, -0.2) is 5.43 Å². The summed E-state index contributed by atoms with van der Waals surface area (Å²) in [6, 6.07) is 7.86. The molecule has 0 atom stereocenters. The van der Waals surface area contributed by atoms with Crippen molar-refractivity contribution in [2.75, 3.05) is 13.1 Å². The molecule has 0 radical (unpaired) electrons. The van der Waals surface area contributed by atoms with Crippen LogP contribution in [0.5, 0.6) is 0 Å². The molecule has 0 unspecified atom stereocenters. The van der Waals surface area contributed by atoms with Gasteiger partial charge < -0.3 is 0 Å². The average molecular weight is 269 g/mol. The Labute approximate surface area is 97.6 Å². The van der Waals surface area contributed by atoms with E-state index in [2.05, 4.69) is 21.4 Å². The van der Waals surface area contributed by atoms with Gasteiger partial charge in [0.2, 0.25) is 5.91 Å². The molecule has 1 aliphatic rings. The van der Waals surface area contributed by atoms with Gasteiger partial charge in [-0.3, -0.25) is 9.80 Å². The van der Waals surface area contributed by atoms with E-state index in [4.69, 9.17) is 0 Å². The number of rotatable bonds is 2. The van der Waals surface area contributed by atoms with E-state index < -0.39 is 0 Å². The highest BCUT2D eigenvalue weighted by Crippen LogP contribution is 2.11.